The normalized spacial score (nSPS) is 13.1. The van der Waals surface area contributed by atoms with Gasteiger partial charge in [0.2, 0.25) is 0 Å². The van der Waals surface area contributed by atoms with Crippen molar-refractivity contribution in [2.45, 2.75) is 38.9 Å². The zero-order valence-electron chi connectivity index (χ0n) is 11.0. The second kappa shape index (κ2) is 8.12. The first-order valence-electron chi connectivity index (χ1n) is 5.47. The summed E-state index contributed by atoms with van der Waals surface area (Å²) in [6.07, 6.45) is 0.919. The predicted octanol–water partition coefficient (Wildman–Crippen LogP) is 1.13. The molecule has 0 aromatic carbocycles. The molecule has 0 saturated heterocycles. The van der Waals surface area contributed by atoms with Gasteiger partial charge in [0.15, 0.2) is 15.8 Å². The molecular formula is C10H24IN3O2S. The summed E-state index contributed by atoms with van der Waals surface area (Å²) < 4.78 is 22.7. The molecule has 0 aliphatic heterocycles. The van der Waals surface area contributed by atoms with Gasteiger partial charge in [0.25, 0.3) is 0 Å². The molecule has 0 aliphatic rings. The van der Waals surface area contributed by atoms with Crippen LogP contribution >= 0.6 is 24.0 Å². The van der Waals surface area contributed by atoms with Gasteiger partial charge in [0.1, 0.15) is 0 Å². The lowest BCUT2D eigenvalue weighted by molar-refractivity contribution is 0.559. The van der Waals surface area contributed by atoms with E-state index in [0.29, 0.717) is 19.0 Å². The summed E-state index contributed by atoms with van der Waals surface area (Å²) >= 11 is 0. The molecule has 0 aromatic rings. The molecule has 0 amide bonds. The summed E-state index contributed by atoms with van der Waals surface area (Å²) in [5.41, 5.74) is 5.54. The highest BCUT2D eigenvalue weighted by Gasteiger charge is 2.28. The first-order chi connectivity index (χ1) is 7.20. The fourth-order valence-electron chi connectivity index (χ4n) is 0.908. The minimum atomic E-state index is -3.09. The van der Waals surface area contributed by atoms with Crippen LogP contribution in [-0.4, -0.2) is 38.0 Å². The molecule has 104 valence electrons. The number of nitrogens with zero attached hydrogens (tertiary/aromatic N) is 1. The number of hydrogen-bond acceptors (Lipinski definition) is 3. The maximum Gasteiger partial charge on any atom is 0.188 e. The van der Waals surface area contributed by atoms with Gasteiger partial charge < -0.3 is 11.1 Å². The number of aliphatic imine (C=N–C) groups is 1. The van der Waals surface area contributed by atoms with Crippen LogP contribution in [0.2, 0.25) is 0 Å². The summed E-state index contributed by atoms with van der Waals surface area (Å²) in [4.78, 5) is 4.01. The number of rotatable bonds is 5. The Morgan fingerprint density at radius 1 is 1.35 bits per heavy atom. The molecule has 0 aromatic heterocycles. The van der Waals surface area contributed by atoms with E-state index in [1.165, 1.54) is 0 Å². The van der Waals surface area contributed by atoms with Gasteiger partial charge in [-0.05, 0) is 27.2 Å². The van der Waals surface area contributed by atoms with Crippen LogP contribution in [-0.2, 0) is 9.84 Å². The molecular weight excluding hydrogens is 353 g/mol. The van der Waals surface area contributed by atoms with Gasteiger partial charge in [-0.2, -0.15) is 0 Å². The van der Waals surface area contributed by atoms with Gasteiger partial charge >= 0.3 is 0 Å². The second-order valence-electron chi connectivity index (χ2n) is 4.62. The zero-order valence-corrected chi connectivity index (χ0v) is 14.1. The molecule has 0 rings (SSSR count). The molecule has 0 radical (unpaired) electrons. The fourth-order valence-corrected chi connectivity index (χ4v) is 1.89. The highest BCUT2D eigenvalue weighted by atomic mass is 127. The number of nitrogens with two attached hydrogens (primary N) is 1. The van der Waals surface area contributed by atoms with Gasteiger partial charge in [-0.3, -0.25) is 4.99 Å². The molecule has 0 spiro atoms. The van der Waals surface area contributed by atoms with Crippen LogP contribution in [0.25, 0.3) is 0 Å². The van der Waals surface area contributed by atoms with Gasteiger partial charge in [-0.1, -0.05) is 6.92 Å². The summed E-state index contributed by atoms with van der Waals surface area (Å²) in [7, 11) is -3.09. The highest BCUT2D eigenvalue weighted by molar-refractivity contribution is 14.0. The number of hydrogen-bond donors (Lipinski definition) is 2. The van der Waals surface area contributed by atoms with Crippen molar-refractivity contribution in [2.75, 3.05) is 18.8 Å². The van der Waals surface area contributed by atoms with Crippen LogP contribution in [0.15, 0.2) is 4.99 Å². The highest BCUT2D eigenvalue weighted by Crippen LogP contribution is 2.14. The summed E-state index contributed by atoms with van der Waals surface area (Å²) in [6, 6.07) is 0. The second-order valence-corrected chi connectivity index (χ2v) is 7.49. The smallest absolute Gasteiger partial charge is 0.188 e. The van der Waals surface area contributed by atoms with Gasteiger partial charge in [0.05, 0.1) is 10.5 Å². The van der Waals surface area contributed by atoms with E-state index in [0.717, 1.165) is 6.42 Å². The minimum absolute atomic E-state index is 0. The van der Waals surface area contributed by atoms with Crippen LogP contribution in [0.5, 0.6) is 0 Å². The lowest BCUT2D eigenvalue weighted by Crippen LogP contribution is -2.39. The van der Waals surface area contributed by atoms with Crippen LogP contribution in [0.3, 0.4) is 0 Å². The summed E-state index contributed by atoms with van der Waals surface area (Å²) in [5, 5.41) is 2.79. The molecule has 0 unspecified atom stereocenters. The Bertz CT molecular complexity index is 334. The summed E-state index contributed by atoms with van der Waals surface area (Å²) in [5.74, 6) is 0.379. The number of nitrogens with one attached hydrogen (secondary N) is 1. The third-order valence-corrected chi connectivity index (χ3v) is 4.72. The molecule has 17 heavy (non-hydrogen) atoms. The van der Waals surface area contributed by atoms with Crippen LogP contribution in [0.1, 0.15) is 34.1 Å². The Kier molecular flexibility index (Phi) is 9.22. The van der Waals surface area contributed by atoms with Crippen molar-refractivity contribution in [3.63, 3.8) is 0 Å². The molecule has 0 bridgehead atoms. The molecule has 7 heteroatoms. The Hall–Kier alpha value is -0.0500. The average Bonchev–Trinajstić information content (AvgIpc) is 2.12. The van der Waals surface area contributed by atoms with E-state index < -0.39 is 14.6 Å². The number of guanidine groups is 1. The van der Waals surface area contributed by atoms with E-state index in [-0.39, 0.29) is 29.7 Å². The molecule has 0 saturated carbocycles. The fraction of sp³-hybridized carbons (Fsp3) is 0.900. The van der Waals surface area contributed by atoms with Crippen molar-refractivity contribution in [3.8, 4) is 0 Å². The standard InChI is InChI=1S/C10H23N3O2S.HI/c1-5-6-12-9(11)13-7-8-16(14,15)10(2,3)4;/h5-8H2,1-4H3,(H3,11,12,13);1H. The SMILES string of the molecule is CCCN=C(N)NCCS(=O)(=O)C(C)(C)C.I. The molecule has 0 aliphatic carbocycles. The largest absolute Gasteiger partial charge is 0.370 e. The van der Waals surface area contributed by atoms with Crippen LogP contribution < -0.4 is 11.1 Å². The number of sulfone groups is 1. The average molecular weight is 377 g/mol. The lowest BCUT2D eigenvalue weighted by atomic mass is 10.3. The maximum atomic E-state index is 11.7. The van der Waals surface area contributed by atoms with Crippen LogP contribution in [0.4, 0.5) is 0 Å². The minimum Gasteiger partial charge on any atom is -0.370 e. The van der Waals surface area contributed by atoms with E-state index in [9.17, 15) is 8.42 Å². The third kappa shape index (κ3) is 7.80. The number of halogens is 1. The molecule has 3 N–H and O–H groups in total. The van der Waals surface area contributed by atoms with E-state index in [2.05, 4.69) is 10.3 Å². The van der Waals surface area contributed by atoms with Crippen molar-refractivity contribution in [1.29, 1.82) is 0 Å². The van der Waals surface area contributed by atoms with Crippen molar-refractivity contribution in [1.82, 2.24) is 5.32 Å². The zero-order chi connectivity index (χ0) is 12.8. The Morgan fingerprint density at radius 3 is 2.29 bits per heavy atom. The van der Waals surface area contributed by atoms with Gasteiger partial charge in [0, 0.05) is 13.1 Å². The molecule has 5 nitrogen and oxygen atoms in total. The Labute approximate surface area is 122 Å². The van der Waals surface area contributed by atoms with E-state index in [1.807, 2.05) is 6.92 Å². The molecule has 0 atom stereocenters. The van der Waals surface area contributed by atoms with E-state index in [4.69, 9.17) is 5.73 Å². The topological polar surface area (TPSA) is 84.5 Å². The quantitative estimate of drug-likeness (QED) is 0.427. The maximum absolute atomic E-state index is 11.7. The van der Waals surface area contributed by atoms with E-state index >= 15 is 0 Å². The van der Waals surface area contributed by atoms with Crippen molar-refractivity contribution in [3.05, 3.63) is 0 Å². The van der Waals surface area contributed by atoms with Crippen molar-refractivity contribution >= 4 is 39.8 Å². The molecule has 0 heterocycles. The van der Waals surface area contributed by atoms with Crippen molar-refractivity contribution in [2.24, 2.45) is 10.7 Å². The first kappa shape index (κ1) is 19.3. The summed E-state index contributed by atoms with van der Waals surface area (Å²) in [6.45, 7) is 8.04. The first-order valence-corrected chi connectivity index (χ1v) is 7.12. The Morgan fingerprint density at radius 2 is 1.88 bits per heavy atom. The Balaban J connectivity index is 0. The molecule has 0 fully saturated rings. The lowest BCUT2D eigenvalue weighted by Gasteiger charge is -2.19. The third-order valence-electron chi connectivity index (χ3n) is 2.12. The monoisotopic (exact) mass is 377 g/mol. The predicted molar refractivity (Wildman–Crippen MR) is 83.7 cm³/mol. The van der Waals surface area contributed by atoms with E-state index in [1.54, 1.807) is 20.8 Å². The van der Waals surface area contributed by atoms with Crippen molar-refractivity contribution < 1.29 is 8.42 Å². The van der Waals surface area contributed by atoms with Gasteiger partial charge in [-0.25, -0.2) is 8.42 Å². The van der Waals surface area contributed by atoms with Crippen LogP contribution in [0, 0.1) is 0 Å². The van der Waals surface area contributed by atoms with Gasteiger partial charge in [-0.15, -0.1) is 24.0 Å².